The van der Waals surface area contributed by atoms with Crippen molar-refractivity contribution in [3.05, 3.63) is 132 Å². The number of rotatable bonds is 35. The standard InChI is InChI=1S/C63H76N5O21S2.2Na.H2O/c1-37(70)67-52-46(73)32-62(36-69,88-56(52)54(77)48(75)34-65-59(80)43-19-13-40(14-20-43)50-9-3-24-84-50)86-26-6-30-91-31-23-64-58(79)42-17-11-39(12-18-42)45(72)8-5-28-90-29-7-27-87-63(61(82)83)33-47(74)53(68-38(2)71)57(89-63)55(78)49(76)35-66-60(81)44-21-15-41(16-22-44)51-10-4-25-85-51;;;/h3-4,9-22,24-25,46-49,52-57,73-78H,5-8,23,26-35H2,1-2H3,(H,64,79)(H,65,80)(H,66,81)(H,67,70)(H,68,71)(H,82,83);;;1H2/q-1;2*+1;/p-2/t46-,47-,48+,49+,52+,53+,54+,55+,56+,57+,62+,63+;;;/m0.../s1. The molecule has 4 heterocycles. The number of ketones is 1. The number of amides is 5. The number of carbonyl (C=O) groups excluding carboxylic acids is 8. The third-order valence-electron chi connectivity index (χ3n) is 14.9. The molecule has 7 rings (SSSR count). The second-order valence-corrected chi connectivity index (χ2v) is 24.1. The maximum Gasteiger partial charge on any atom is 1.00 e. The van der Waals surface area contributed by atoms with E-state index in [2.05, 4.69) is 26.6 Å². The predicted molar refractivity (Wildman–Crippen MR) is 329 cm³/mol. The Balaban J connectivity index is 0.00000627. The van der Waals surface area contributed by atoms with E-state index in [1.807, 2.05) is 0 Å². The van der Waals surface area contributed by atoms with Gasteiger partial charge in [0.1, 0.15) is 41.9 Å². The third kappa shape index (κ3) is 23.2. The zero-order chi connectivity index (χ0) is 65.7. The van der Waals surface area contributed by atoms with Gasteiger partial charge in [0.05, 0.1) is 61.4 Å². The molecule has 2 aromatic heterocycles. The fraction of sp³-hybridized carbons (Fsp3) is 0.460. The number of carbonyl (C=O) groups is 7. The Morgan fingerprint density at radius 3 is 1.48 bits per heavy atom. The molecular weight excluding hydrogens is 1290 g/mol. The van der Waals surface area contributed by atoms with Crippen molar-refractivity contribution in [2.24, 2.45) is 0 Å². The Morgan fingerprint density at radius 2 is 1.02 bits per heavy atom. The van der Waals surface area contributed by atoms with Crippen molar-refractivity contribution in [3.63, 3.8) is 0 Å². The number of aliphatic hydroxyl groups is 6. The first kappa shape index (κ1) is 81.1. The van der Waals surface area contributed by atoms with E-state index in [9.17, 15) is 74.1 Å². The average Bonchev–Trinajstić information content (AvgIpc) is 1.59. The number of aliphatic hydroxyl groups excluding tert-OH is 6. The van der Waals surface area contributed by atoms with E-state index in [0.29, 0.717) is 71.5 Å². The van der Waals surface area contributed by atoms with Gasteiger partial charge in [-0.15, -0.1) is 0 Å². The summed E-state index contributed by atoms with van der Waals surface area (Å²) >= 11 is 2.94. The van der Waals surface area contributed by atoms with Gasteiger partial charge >= 0.3 is 59.1 Å². The molecule has 2 aliphatic heterocycles. The van der Waals surface area contributed by atoms with Crippen LogP contribution in [0.3, 0.4) is 0 Å². The van der Waals surface area contributed by atoms with Gasteiger partial charge in [-0.1, -0.05) is 36.4 Å². The second-order valence-electron chi connectivity index (χ2n) is 21.7. The van der Waals surface area contributed by atoms with Gasteiger partial charge < -0.3 is 105 Å². The summed E-state index contributed by atoms with van der Waals surface area (Å²) in [6.45, 7) is 1.35. The van der Waals surface area contributed by atoms with E-state index >= 15 is 0 Å². The molecular formula is C63H76N5Na2O22S2-. The van der Waals surface area contributed by atoms with Gasteiger partial charge in [0.2, 0.25) is 17.6 Å². The first-order chi connectivity index (χ1) is 43.6. The molecule has 2 saturated heterocycles. The molecule has 0 saturated carbocycles. The molecule has 0 bridgehead atoms. The summed E-state index contributed by atoms with van der Waals surface area (Å²) < 4.78 is 33.9. The zero-order valence-corrected chi connectivity index (χ0v) is 58.0. The summed E-state index contributed by atoms with van der Waals surface area (Å²) in [6, 6.07) is 23.4. The molecule has 0 radical (unpaired) electrons. The molecule has 0 spiro atoms. The molecule has 94 heavy (non-hydrogen) atoms. The molecule has 2 aliphatic rings. The molecule has 2 fully saturated rings. The van der Waals surface area contributed by atoms with Crippen LogP contribution in [0.1, 0.15) is 93.8 Å². The van der Waals surface area contributed by atoms with E-state index in [4.69, 9.17) is 27.8 Å². The third-order valence-corrected chi connectivity index (χ3v) is 17.1. The minimum Gasteiger partial charge on any atom is -0.870 e. The van der Waals surface area contributed by atoms with Crippen molar-refractivity contribution in [1.82, 2.24) is 26.6 Å². The smallest absolute Gasteiger partial charge is 0.870 e. The van der Waals surface area contributed by atoms with Crippen molar-refractivity contribution in [2.75, 3.05) is 55.9 Å². The Hall–Kier alpha value is -5.36. The van der Waals surface area contributed by atoms with Crippen molar-refractivity contribution < 1.29 is 166 Å². The second kappa shape index (κ2) is 39.8. The number of hydrogen-bond acceptors (Lipinski definition) is 24. The van der Waals surface area contributed by atoms with Gasteiger partial charge in [0, 0.05) is 98.5 Å². The van der Waals surface area contributed by atoms with Crippen molar-refractivity contribution in [1.29, 1.82) is 0 Å². The largest absolute Gasteiger partial charge is 1.00 e. The summed E-state index contributed by atoms with van der Waals surface area (Å²) in [5.41, 5.74) is 2.69. The van der Waals surface area contributed by atoms with E-state index < -0.39 is 128 Å². The van der Waals surface area contributed by atoms with Gasteiger partial charge in [-0.05, 0) is 97.2 Å². The minimum absolute atomic E-state index is 0. The monoisotopic (exact) mass is 1360 g/mol. The van der Waals surface area contributed by atoms with Crippen LogP contribution < -0.4 is 90.8 Å². The van der Waals surface area contributed by atoms with Crippen LogP contribution in [0.2, 0.25) is 0 Å². The number of ether oxygens (including phenoxy) is 4. The number of Topliss-reactive ketones (excluding diaryl/α,β-unsaturated/α-hetero) is 1. The van der Waals surface area contributed by atoms with Crippen molar-refractivity contribution in [2.45, 2.75) is 125 Å². The summed E-state index contributed by atoms with van der Waals surface area (Å²) in [6.07, 6.45) is -8.77. The van der Waals surface area contributed by atoms with Gasteiger partial charge in [0.15, 0.2) is 5.78 Å². The number of carboxylic acid groups (broad SMARTS) is 1. The Kier molecular flexibility index (Phi) is 34.3. The summed E-state index contributed by atoms with van der Waals surface area (Å²) in [5, 5.41) is 92.0. The maximum atomic E-state index is 13.0. The number of furan rings is 2. The fourth-order valence-corrected chi connectivity index (χ4v) is 11.8. The van der Waals surface area contributed by atoms with Gasteiger partial charge in [0.25, 0.3) is 17.7 Å². The molecule has 3 aromatic carbocycles. The molecule has 0 unspecified atom stereocenters. The molecule has 31 heteroatoms. The number of aliphatic carboxylic acids is 1. The van der Waals surface area contributed by atoms with Crippen LogP contribution in [0.5, 0.6) is 0 Å². The van der Waals surface area contributed by atoms with Crippen molar-refractivity contribution in [3.8, 4) is 22.6 Å². The van der Waals surface area contributed by atoms with Gasteiger partial charge in [-0.2, -0.15) is 23.5 Å². The number of hydrogen-bond donors (Lipinski definition) is 11. The number of carboxylic acids is 1. The first-order valence-electron chi connectivity index (χ1n) is 29.4. The molecule has 12 atom stereocenters. The van der Waals surface area contributed by atoms with Crippen LogP contribution >= 0.6 is 23.5 Å². The van der Waals surface area contributed by atoms with Crippen LogP contribution in [-0.4, -0.2) is 212 Å². The Bertz CT molecular complexity index is 3190. The van der Waals surface area contributed by atoms with E-state index in [1.165, 1.54) is 55.1 Å². The molecule has 12 N–H and O–H groups in total. The molecule has 5 aromatic rings. The number of thioether (sulfide) groups is 2. The average molecular weight is 1370 g/mol. The number of nitrogens with one attached hydrogen (secondary N) is 5. The minimum atomic E-state index is -2.59. The molecule has 5 amide bonds. The number of benzene rings is 3. The Morgan fingerprint density at radius 1 is 0.596 bits per heavy atom. The topological polar surface area (TPSA) is 434 Å². The molecule has 0 aliphatic carbocycles. The predicted octanol–water partition coefficient (Wildman–Crippen LogP) is -5.12. The first-order valence-corrected chi connectivity index (χ1v) is 31.7. The van der Waals surface area contributed by atoms with E-state index in [0.717, 1.165) is 18.1 Å². The quantitative estimate of drug-likeness (QED) is 0.00782. The summed E-state index contributed by atoms with van der Waals surface area (Å²) in [4.78, 5) is 101. The van der Waals surface area contributed by atoms with Crippen LogP contribution in [0.4, 0.5) is 0 Å². The zero-order valence-electron chi connectivity index (χ0n) is 52.3. The summed E-state index contributed by atoms with van der Waals surface area (Å²) in [5.74, 6) is -6.31. The normalized spacial score (nSPS) is 22.0. The SMILES string of the molecule is CC(=O)N[C@H]1[C@H]([C@H](O)[C@H](O)CNC(=O)c2ccc(-c3ccco3)cc2)O[C@]([C-]=O)(OCCCSCCNC(=O)c2ccc(C(=O)CCCSCCCO[C@]3(C(=O)[O-])C[C@H](O)[C@@H](NC(C)=O)[C@H]([C@H](O)[C@H](O)CNC(=O)c4ccc(-c5ccco5)cc4)O3)cc2)C[C@@H]1O.[Na+].[Na+].[OH-]. The van der Waals surface area contributed by atoms with Crippen LogP contribution in [-0.2, 0) is 38.1 Å². The van der Waals surface area contributed by atoms with Crippen molar-refractivity contribution >= 4 is 71.1 Å². The van der Waals surface area contributed by atoms with Crippen LogP contribution in [0, 0.1) is 0 Å². The summed E-state index contributed by atoms with van der Waals surface area (Å²) in [7, 11) is 0. The van der Waals surface area contributed by atoms with E-state index in [-0.39, 0.29) is 107 Å². The van der Waals surface area contributed by atoms with E-state index in [1.54, 1.807) is 91.2 Å². The van der Waals surface area contributed by atoms with Gasteiger partial charge in [-0.3, -0.25) is 28.8 Å². The molecule has 500 valence electrons. The van der Waals surface area contributed by atoms with Gasteiger partial charge in [-0.25, -0.2) is 6.29 Å². The van der Waals surface area contributed by atoms with Crippen LogP contribution in [0.25, 0.3) is 22.6 Å². The Labute approximate surface area is 594 Å². The molecule has 27 nitrogen and oxygen atoms in total. The van der Waals surface area contributed by atoms with Crippen LogP contribution in [0.15, 0.2) is 118 Å². The maximum absolute atomic E-state index is 13.0. The fourth-order valence-electron chi connectivity index (χ4n) is 10.1.